The average molecular weight is 218 g/mol. The molecule has 0 unspecified atom stereocenters. The second-order valence-electron chi connectivity index (χ2n) is 4.73. The van der Waals surface area contributed by atoms with Gasteiger partial charge in [0.25, 0.3) is 0 Å². The highest BCUT2D eigenvalue weighted by Crippen LogP contribution is 2.52. The Hall–Kier alpha value is -1.35. The van der Waals surface area contributed by atoms with Gasteiger partial charge in [0.2, 0.25) is 0 Å². The fraction of sp³-hybridized carbons (Fsp3) is 0.462. The molecule has 0 aromatic heterocycles. The fourth-order valence-corrected chi connectivity index (χ4v) is 2.85. The summed E-state index contributed by atoms with van der Waals surface area (Å²) in [4.78, 5) is 11.3. The number of aryl methyl sites for hydroxylation is 1. The van der Waals surface area contributed by atoms with Gasteiger partial charge in [0.15, 0.2) is 0 Å². The summed E-state index contributed by atoms with van der Waals surface area (Å²) in [6.07, 6.45) is -0.443. The zero-order valence-corrected chi connectivity index (χ0v) is 9.36. The van der Waals surface area contributed by atoms with Crippen molar-refractivity contribution in [3.05, 3.63) is 34.4 Å². The van der Waals surface area contributed by atoms with Crippen LogP contribution in [0.25, 0.3) is 0 Å². The predicted octanol–water partition coefficient (Wildman–Crippen LogP) is 1.95. The molecule has 1 aliphatic carbocycles. The summed E-state index contributed by atoms with van der Waals surface area (Å²) >= 11 is 0. The predicted molar refractivity (Wildman–Crippen MR) is 57.8 cm³/mol. The summed E-state index contributed by atoms with van der Waals surface area (Å²) in [5, 5.41) is 10.2. The summed E-state index contributed by atoms with van der Waals surface area (Å²) in [5.41, 5.74) is 4.28. The number of carbonyl (C=O) groups excluding carboxylic acids is 1. The van der Waals surface area contributed by atoms with Gasteiger partial charge < -0.3 is 9.84 Å². The van der Waals surface area contributed by atoms with Gasteiger partial charge in [-0.2, -0.15) is 0 Å². The molecule has 1 heterocycles. The maximum absolute atomic E-state index is 11.3. The lowest BCUT2D eigenvalue weighted by Gasteiger charge is -2.13. The third-order valence-corrected chi connectivity index (χ3v) is 3.88. The van der Waals surface area contributed by atoms with Crippen molar-refractivity contribution in [2.24, 2.45) is 5.92 Å². The molecule has 1 fully saturated rings. The Morgan fingerprint density at radius 2 is 2.12 bits per heavy atom. The number of fused-ring (bicyclic) bond motifs is 3. The number of rotatable bonds is 0. The van der Waals surface area contributed by atoms with Crippen LogP contribution < -0.4 is 0 Å². The molecular formula is C13H14O3. The lowest BCUT2D eigenvalue weighted by Crippen LogP contribution is -2.06. The second kappa shape index (κ2) is 3.08. The van der Waals surface area contributed by atoms with E-state index in [9.17, 15) is 9.90 Å². The van der Waals surface area contributed by atoms with Crippen LogP contribution >= 0.6 is 0 Å². The number of esters is 1. The van der Waals surface area contributed by atoms with Gasteiger partial charge in [-0.15, -0.1) is 0 Å². The SMILES string of the molecule is Cc1ccc2c(c1C)[C@@H]1OC(=O)C[C@@H]1[C@H]2O. The molecule has 1 aromatic rings. The van der Waals surface area contributed by atoms with Gasteiger partial charge in [0, 0.05) is 11.5 Å². The number of ether oxygens (including phenoxy) is 1. The molecule has 0 radical (unpaired) electrons. The Bertz CT molecular complexity index is 478. The van der Waals surface area contributed by atoms with E-state index in [-0.39, 0.29) is 18.0 Å². The highest BCUT2D eigenvalue weighted by atomic mass is 16.6. The minimum atomic E-state index is -0.550. The standard InChI is InChI=1S/C13H14O3/c1-6-3-4-8-11(7(6)2)13-9(12(8)15)5-10(14)16-13/h3-4,9,12-13,15H,5H2,1-2H3/t9-,12+,13-/m1/s1. The molecular weight excluding hydrogens is 204 g/mol. The van der Waals surface area contributed by atoms with Crippen LogP contribution in [-0.4, -0.2) is 11.1 Å². The van der Waals surface area contributed by atoms with Gasteiger partial charge in [0.05, 0.1) is 12.5 Å². The molecule has 2 aliphatic rings. The van der Waals surface area contributed by atoms with Crippen molar-refractivity contribution < 1.29 is 14.6 Å². The van der Waals surface area contributed by atoms with Crippen LogP contribution in [0.2, 0.25) is 0 Å². The van der Waals surface area contributed by atoms with Crippen molar-refractivity contribution >= 4 is 5.97 Å². The van der Waals surface area contributed by atoms with Gasteiger partial charge in [0.1, 0.15) is 6.10 Å². The molecule has 3 nitrogen and oxygen atoms in total. The minimum absolute atomic E-state index is 0.0806. The molecule has 84 valence electrons. The Kier molecular flexibility index (Phi) is 1.89. The third-order valence-electron chi connectivity index (χ3n) is 3.88. The number of hydrogen-bond acceptors (Lipinski definition) is 3. The number of hydrogen-bond donors (Lipinski definition) is 1. The minimum Gasteiger partial charge on any atom is -0.457 e. The van der Waals surface area contributed by atoms with Crippen molar-refractivity contribution in [3.8, 4) is 0 Å². The lowest BCUT2D eigenvalue weighted by molar-refractivity contribution is -0.141. The van der Waals surface area contributed by atoms with E-state index in [2.05, 4.69) is 0 Å². The van der Waals surface area contributed by atoms with Gasteiger partial charge >= 0.3 is 5.97 Å². The molecule has 3 rings (SSSR count). The zero-order valence-electron chi connectivity index (χ0n) is 9.36. The average Bonchev–Trinajstić information content (AvgIpc) is 2.72. The van der Waals surface area contributed by atoms with E-state index in [1.54, 1.807) is 0 Å². The molecule has 1 N–H and O–H groups in total. The zero-order chi connectivity index (χ0) is 11.4. The highest BCUT2D eigenvalue weighted by molar-refractivity contribution is 5.74. The lowest BCUT2D eigenvalue weighted by atomic mass is 9.98. The van der Waals surface area contributed by atoms with Crippen LogP contribution in [0.4, 0.5) is 0 Å². The first-order chi connectivity index (χ1) is 7.59. The van der Waals surface area contributed by atoms with Crippen molar-refractivity contribution in [2.75, 3.05) is 0 Å². The van der Waals surface area contributed by atoms with Crippen LogP contribution in [0, 0.1) is 19.8 Å². The van der Waals surface area contributed by atoms with E-state index in [0.717, 1.165) is 16.7 Å². The molecule has 3 heteroatoms. The molecule has 1 aromatic carbocycles. The van der Waals surface area contributed by atoms with Crippen molar-refractivity contribution in [1.82, 2.24) is 0 Å². The Labute approximate surface area is 94.0 Å². The number of benzene rings is 1. The van der Waals surface area contributed by atoms with Gasteiger partial charge in [-0.3, -0.25) is 4.79 Å². The van der Waals surface area contributed by atoms with E-state index < -0.39 is 6.10 Å². The maximum Gasteiger partial charge on any atom is 0.306 e. The Balaban J connectivity index is 2.19. The largest absolute Gasteiger partial charge is 0.457 e. The van der Waals surface area contributed by atoms with Crippen LogP contribution in [0.3, 0.4) is 0 Å². The molecule has 1 aliphatic heterocycles. The Morgan fingerprint density at radius 3 is 2.88 bits per heavy atom. The highest BCUT2D eigenvalue weighted by Gasteiger charge is 2.48. The quantitative estimate of drug-likeness (QED) is 0.677. The maximum atomic E-state index is 11.3. The normalized spacial score (nSPS) is 31.2. The monoisotopic (exact) mass is 218 g/mol. The number of aliphatic hydroxyl groups excluding tert-OH is 1. The van der Waals surface area contributed by atoms with Gasteiger partial charge in [-0.05, 0) is 30.5 Å². The van der Waals surface area contributed by atoms with E-state index in [4.69, 9.17) is 4.74 Å². The summed E-state index contributed by atoms with van der Waals surface area (Å²) in [6, 6.07) is 3.97. The summed E-state index contributed by atoms with van der Waals surface area (Å²) in [6.45, 7) is 4.06. The second-order valence-corrected chi connectivity index (χ2v) is 4.73. The van der Waals surface area contributed by atoms with E-state index in [0.29, 0.717) is 6.42 Å². The van der Waals surface area contributed by atoms with Crippen LogP contribution in [0.5, 0.6) is 0 Å². The van der Waals surface area contributed by atoms with E-state index >= 15 is 0 Å². The van der Waals surface area contributed by atoms with Crippen molar-refractivity contribution in [1.29, 1.82) is 0 Å². The molecule has 0 amide bonds. The molecule has 1 saturated heterocycles. The van der Waals surface area contributed by atoms with Gasteiger partial charge in [-0.1, -0.05) is 12.1 Å². The molecule has 0 bridgehead atoms. The van der Waals surface area contributed by atoms with Crippen LogP contribution in [0.15, 0.2) is 12.1 Å². The first kappa shape index (κ1) is 9.85. The summed E-state index contributed by atoms with van der Waals surface area (Å²) < 4.78 is 5.32. The van der Waals surface area contributed by atoms with Crippen molar-refractivity contribution in [2.45, 2.75) is 32.5 Å². The number of aliphatic hydroxyl groups is 1. The molecule has 16 heavy (non-hydrogen) atoms. The van der Waals surface area contributed by atoms with E-state index in [1.807, 2.05) is 26.0 Å². The van der Waals surface area contributed by atoms with Gasteiger partial charge in [-0.25, -0.2) is 0 Å². The molecule has 3 atom stereocenters. The first-order valence-electron chi connectivity index (χ1n) is 5.57. The first-order valence-corrected chi connectivity index (χ1v) is 5.57. The summed E-state index contributed by atoms with van der Waals surface area (Å²) in [5.74, 6) is -0.274. The van der Waals surface area contributed by atoms with E-state index in [1.165, 1.54) is 5.56 Å². The van der Waals surface area contributed by atoms with Crippen molar-refractivity contribution in [3.63, 3.8) is 0 Å². The van der Waals surface area contributed by atoms with Crippen LogP contribution in [0.1, 0.15) is 40.9 Å². The molecule has 0 spiro atoms. The Morgan fingerprint density at radius 1 is 1.38 bits per heavy atom. The smallest absolute Gasteiger partial charge is 0.306 e. The number of carbonyl (C=O) groups is 1. The van der Waals surface area contributed by atoms with Crippen LogP contribution in [-0.2, 0) is 9.53 Å². The topological polar surface area (TPSA) is 46.5 Å². The fourth-order valence-electron chi connectivity index (χ4n) is 2.85. The third kappa shape index (κ3) is 1.09. The summed E-state index contributed by atoms with van der Waals surface area (Å²) in [7, 11) is 0. The molecule has 0 saturated carbocycles.